The summed E-state index contributed by atoms with van der Waals surface area (Å²) in [6.45, 7) is 8.44. The van der Waals surface area contributed by atoms with E-state index < -0.39 is 5.60 Å². The minimum atomic E-state index is -0.949. The maximum absolute atomic E-state index is 11.3. The van der Waals surface area contributed by atoms with E-state index in [1.807, 2.05) is 39.8 Å². The van der Waals surface area contributed by atoms with E-state index in [0.717, 1.165) is 5.75 Å². The Bertz CT molecular complexity index is 736. The second-order valence-corrected chi connectivity index (χ2v) is 8.26. The van der Waals surface area contributed by atoms with Gasteiger partial charge in [-0.2, -0.15) is 0 Å². The first kappa shape index (κ1) is 19.9. The number of hydrogen-bond donors (Lipinski definition) is 2. The normalized spacial score (nSPS) is 15.6. The Morgan fingerprint density at radius 2 is 1.96 bits per heavy atom. The lowest BCUT2D eigenvalue weighted by Gasteiger charge is -2.41. The van der Waals surface area contributed by atoms with Gasteiger partial charge >= 0.3 is 0 Å². The number of aliphatic hydroxyl groups is 1. The number of hydrogen-bond acceptors (Lipinski definition) is 4. The molecule has 1 aromatic heterocycles. The van der Waals surface area contributed by atoms with Gasteiger partial charge in [-0.05, 0) is 61.7 Å². The highest BCUT2D eigenvalue weighted by molar-refractivity contribution is 7.71. The van der Waals surface area contributed by atoms with Crippen LogP contribution in [-0.2, 0) is 6.54 Å². The second-order valence-electron chi connectivity index (χ2n) is 7.46. The molecule has 7 heteroatoms. The first-order valence-electron chi connectivity index (χ1n) is 8.35. The van der Waals surface area contributed by atoms with Crippen LogP contribution in [0.5, 0.6) is 5.75 Å². The molecule has 2 rings (SSSR count). The second kappa shape index (κ2) is 7.89. The fraction of sp³-hybridized carbons (Fsp3) is 0.556. The van der Waals surface area contributed by atoms with Gasteiger partial charge in [0.25, 0.3) is 0 Å². The van der Waals surface area contributed by atoms with Gasteiger partial charge in [0.05, 0.1) is 18.2 Å². The summed E-state index contributed by atoms with van der Waals surface area (Å²) in [4.78, 5) is 4.02. The summed E-state index contributed by atoms with van der Waals surface area (Å²) in [5.74, 6) is 0.770. The van der Waals surface area contributed by atoms with Crippen molar-refractivity contribution in [1.29, 1.82) is 0 Å². The van der Waals surface area contributed by atoms with E-state index in [1.54, 1.807) is 16.8 Å². The summed E-state index contributed by atoms with van der Waals surface area (Å²) >= 11 is 11.1. The lowest BCUT2D eigenvalue weighted by atomic mass is 9.73. The predicted octanol–water partition coefficient (Wildman–Crippen LogP) is 4.62. The molecular formula is C18H26ClN3O2S. The third-order valence-electron chi connectivity index (χ3n) is 4.55. The highest BCUT2D eigenvalue weighted by atomic mass is 35.5. The Balaban J connectivity index is 2.03. The molecule has 0 fully saturated rings. The fourth-order valence-electron chi connectivity index (χ4n) is 2.59. The summed E-state index contributed by atoms with van der Waals surface area (Å²) in [7, 11) is 0. The van der Waals surface area contributed by atoms with Gasteiger partial charge in [-0.15, -0.1) is 0 Å². The van der Waals surface area contributed by atoms with Crippen molar-refractivity contribution < 1.29 is 9.84 Å². The zero-order valence-corrected chi connectivity index (χ0v) is 16.7. The lowest BCUT2D eigenvalue weighted by Crippen LogP contribution is -2.47. The van der Waals surface area contributed by atoms with Crippen LogP contribution in [0.2, 0.25) is 5.02 Å². The molecule has 138 valence electrons. The number of halogens is 1. The number of aromatic nitrogens is 3. The van der Waals surface area contributed by atoms with E-state index in [2.05, 4.69) is 10.1 Å². The molecule has 0 saturated carbocycles. The molecule has 2 aromatic rings. The Kier molecular flexibility index (Phi) is 6.30. The molecule has 2 atom stereocenters. The van der Waals surface area contributed by atoms with Crippen molar-refractivity contribution in [3.63, 3.8) is 0 Å². The van der Waals surface area contributed by atoms with Gasteiger partial charge in [-0.25, -0.2) is 4.98 Å². The van der Waals surface area contributed by atoms with E-state index in [1.165, 1.54) is 6.33 Å². The van der Waals surface area contributed by atoms with Crippen molar-refractivity contribution in [2.75, 3.05) is 0 Å². The lowest BCUT2D eigenvalue weighted by molar-refractivity contribution is -0.0854. The van der Waals surface area contributed by atoms with E-state index in [-0.39, 0.29) is 11.5 Å². The van der Waals surface area contributed by atoms with Crippen LogP contribution in [0, 0.1) is 10.2 Å². The minimum Gasteiger partial charge on any atom is -0.491 e. The van der Waals surface area contributed by atoms with Gasteiger partial charge in [0.2, 0.25) is 4.77 Å². The van der Waals surface area contributed by atoms with E-state index in [4.69, 9.17) is 28.6 Å². The molecule has 0 aliphatic carbocycles. The highest BCUT2D eigenvalue weighted by Crippen LogP contribution is 2.36. The predicted molar refractivity (Wildman–Crippen MR) is 103 cm³/mol. The number of ether oxygens (including phenoxy) is 1. The van der Waals surface area contributed by atoms with Crippen LogP contribution in [0.1, 0.15) is 40.5 Å². The zero-order chi connectivity index (χ0) is 18.7. The van der Waals surface area contributed by atoms with Crippen molar-refractivity contribution in [2.24, 2.45) is 5.41 Å². The average molecular weight is 384 g/mol. The molecule has 0 radical (unpaired) electrons. The number of aromatic amines is 1. The van der Waals surface area contributed by atoms with Gasteiger partial charge < -0.3 is 9.84 Å². The quantitative estimate of drug-likeness (QED) is 0.685. The number of rotatable bonds is 7. The number of H-pyrrole nitrogens is 1. The fourth-order valence-corrected chi connectivity index (χ4v) is 2.89. The van der Waals surface area contributed by atoms with Crippen LogP contribution in [0.3, 0.4) is 0 Å². The molecule has 1 heterocycles. The summed E-state index contributed by atoms with van der Waals surface area (Å²) in [6.07, 6.45) is 2.78. The van der Waals surface area contributed by atoms with Crippen LogP contribution >= 0.6 is 23.8 Å². The topological polar surface area (TPSA) is 63.1 Å². The first-order chi connectivity index (χ1) is 11.6. The summed E-state index contributed by atoms with van der Waals surface area (Å²) < 4.78 is 8.06. The standard InChI is InChI=1S/C18H26ClN3O2S/c1-13(24-15-7-5-14(19)6-8-15)9-10-18(23,17(2,3)4)11-22-16(25)20-12-21-22/h5-8,12-13,23H,9-11H2,1-4H3,(H,20,21,25). The highest BCUT2D eigenvalue weighted by Gasteiger charge is 2.40. The van der Waals surface area contributed by atoms with E-state index in [9.17, 15) is 5.11 Å². The van der Waals surface area contributed by atoms with Crippen molar-refractivity contribution in [2.45, 2.75) is 58.8 Å². The Hall–Kier alpha value is -1.37. The van der Waals surface area contributed by atoms with Gasteiger partial charge in [-0.3, -0.25) is 9.78 Å². The van der Waals surface area contributed by atoms with Crippen molar-refractivity contribution >= 4 is 23.8 Å². The molecule has 25 heavy (non-hydrogen) atoms. The molecule has 0 aliphatic heterocycles. The van der Waals surface area contributed by atoms with Gasteiger partial charge in [0.15, 0.2) is 0 Å². The SMILES string of the molecule is CC(CCC(O)(Cn1[nH]cnc1=S)C(C)(C)C)Oc1ccc(Cl)cc1. The summed E-state index contributed by atoms with van der Waals surface area (Å²) in [6, 6.07) is 7.29. The van der Waals surface area contributed by atoms with Gasteiger partial charge in [0, 0.05) is 5.02 Å². The van der Waals surface area contributed by atoms with Gasteiger partial charge in [0.1, 0.15) is 12.1 Å². The van der Waals surface area contributed by atoms with Gasteiger partial charge in [-0.1, -0.05) is 32.4 Å². The third kappa shape index (κ3) is 5.30. The Morgan fingerprint density at radius 3 is 2.48 bits per heavy atom. The molecule has 0 spiro atoms. The van der Waals surface area contributed by atoms with E-state index in [0.29, 0.717) is 29.2 Å². The smallest absolute Gasteiger partial charge is 0.215 e. The van der Waals surface area contributed by atoms with Crippen LogP contribution in [-0.4, -0.2) is 31.6 Å². The Morgan fingerprint density at radius 1 is 1.32 bits per heavy atom. The maximum Gasteiger partial charge on any atom is 0.215 e. The first-order valence-corrected chi connectivity index (χ1v) is 9.14. The zero-order valence-electron chi connectivity index (χ0n) is 15.1. The van der Waals surface area contributed by atoms with Crippen LogP contribution in [0.4, 0.5) is 0 Å². The molecule has 0 aliphatic rings. The molecule has 2 N–H and O–H groups in total. The van der Waals surface area contributed by atoms with Crippen molar-refractivity contribution in [1.82, 2.24) is 14.8 Å². The van der Waals surface area contributed by atoms with Crippen LogP contribution in [0.25, 0.3) is 0 Å². The number of nitrogens with one attached hydrogen (secondary N) is 1. The monoisotopic (exact) mass is 383 g/mol. The summed E-state index contributed by atoms with van der Waals surface area (Å²) in [5.41, 5.74) is -1.28. The molecule has 1 aromatic carbocycles. The van der Waals surface area contributed by atoms with Crippen LogP contribution < -0.4 is 4.74 Å². The summed E-state index contributed by atoms with van der Waals surface area (Å²) in [5, 5.41) is 15.0. The minimum absolute atomic E-state index is 0.0372. The van der Waals surface area contributed by atoms with Crippen LogP contribution in [0.15, 0.2) is 30.6 Å². The molecule has 0 saturated heterocycles. The third-order valence-corrected chi connectivity index (χ3v) is 5.13. The molecule has 2 unspecified atom stereocenters. The number of benzene rings is 1. The van der Waals surface area contributed by atoms with E-state index >= 15 is 0 Å². The maximum atomic E-state index is 11.3. The molecule has 0 bridgehead atoms. The molecule has 0 amide bonds. The number of nitrogens with zero attached hydrogens (tertiary/aromatic N) is 2. The average Bonchev–Trinajstić information content (AvgIpc) is 2.91. The largest absolute Gasteiger partial charge is 0.491 e. The molecule has 5 nitrogen and oxygen atoms in total. The van der Waals surface area contributed by atoms with Crippen molar-refractivity contribution in [3.05, 3.63) is 40.4 Å². The van der Waals surface area contributed by atoms with Crippen molar-refractivity contribution in [3.8, 4) is 5.75 Å². The Labute approximate surface area is 159 Å². The molecular weight excluding hydrogens is 358 g/mol.